The van der Waals surface area contributed by atoms with Crippen molar-refractivity contribution in [2.75, 3.05) is 5.32 Å². The summed E-state index contributed by atoms with van der Waals surface area (Å²) in [6.45, 7) is 8.53. The fourth-order valence-electron chi connectivity index (χ4n) is 3.12. The molecule has 3 aromatic rings. The first kappa shape index (κ1) is 22.1. The number of aromatic nitrogens is 2. The van der Waals surface area contributed by atoms with Crippen molar-refractivity contribution < 1.29 is 13.6 Å². The number of hydrogen-bond acceptors (Lipinski definition) is 3. The molecule has 8 heteroatoms. The lowest BCUT2D eigenvalue weighted by atomic mass is 10.1. The van der Waals surface area contributed by atoms with E-state index in [1.807, 2.05) is 25.5 Å². The van der Waals surface area contributed by atoms with E-state index in [0.717, 1.165) is 23.5 Å². The summed E-state index contributed by atoms with van der Waals surface area (Å²) >= 11 is 0. The number of guanidine groups is 1. The molecule has 1 amide bonds. The van der Waals surface area contributed by atoms with Gasteiger partial charge in [-0.25, -0.2) is 13.8 Å². The number of nitrogens with one attached hydrogen (secondary N) is 2. The summed E-state index contributed by atoms with van der Waals surface area (Å²) in [5.41, 5.74) is 3.98. The Hall–Kier alpha value is -3.55. The van der Waals surface area contributed by atoms with Gasteiger partial charge in [-0.05, 0) is 69.7 Å². The maximum atomic E-state index is 13.9. The number of benzene rings is 2. The maximum absolute atomic E-state index is 13.9. The van der Waals surface area contributed by atoms with E-state index < -0.39 is 11.7 Å². The number of aliphatic imine (C=N–C) groups is 1. The van der Waals surface area contributed by atoms with Crippen LogP contribution in [0.2, 0.25) is 0 Å². The van der Waals surface area contributed by atoms with E-state index >= 15 is 0 Å². The highest BCUT2D eigenvalue weighted by molar-refractivity contribution is 6.09. The van der Waals surface area contributed by atoms with E-state index in [4.69, 9.17) is 0 Å². The molecule has 162 valence electrons. The molecule has 0 spiro atoms. The molecule has 0 aliphatic carbocycles. The molecular weight excluding hydrogens is 400 g/mol. The number of hydrogen-bond donors (Lipinski definition) is 2. The Morgan fingerprint density at radius 1 is 1.10 bits per heavy atom. The van der Waals surface area contributed by atoms with Crippen molar-refractivity contribution >= 4 is 17.6 Å². The van der Waals surface area contributed by atoms with E-state index in [1.165, 1.54) is 30.3 Å². The van der Waals surface area contributed by atoms with Crippen molar-refractivity contribution in [1.29, 1.82) is 0 Å². The molecule has 0 fully saturated rings. The number of rotatable bonds is 5. The van der Waals surface area contributed by atoms with Crippen molar-refractivity contribution in [2.24, 2.45) is 4.99 Å². The first-order valence-electron chi connectivity index (χ1n) is 9.96. The first-order valence-corrected chi connectivity index (χ1v) is 9.96. The van der Waals surface area contributed by atoms with Crippen LogP contribution in [0.5, 0.6) is 0 Å². The average molecular weight is 425 g/mol. The number of carbonyl (C=O) groups excluding carboxylic acids is 1. The zero-order valence-electron chi connectivity index (χ0n) is 18.0. The second-order valence-electron chi connectivity index (χ2n) is 7.18. The highest BCUT2D eigenvalue weighted by atomic mass is 19.1. The van der Waals surface area contributed by atoms with Crippen molar-refractivity contribution in [3.63, 3.8) is 0 Å². The summed E-state index contributed by atoms with van der Waals surface area (Å²) in [6, 6.07) is 9.94. The van der Waals surface area contributed by atoms with Crippen LogP contribution in [0.25, 0.3) is 0 Å². The van der Waals surface area contributed by atoms with Crippen LogP contribution in [0.15, 0.2) is 47.5 Å². The zero-order chi connectivity index (χ0) is 22.5. The molecule has 6 nitrogen and oxygen atoms in total. The van der Waals surface area contributed by atoms with E-state index in [2.05, 4.69) is 20.7 Å². The molecule has 0 saturated carbocycles. The van der Waals surface area contributed by atoms with Crippen LogP contribution in [0, 0.1) is 32.4 Å². The zero-order valence-corrected chi connectivity index (χ0v) is 18.0. The molecule has 2 aromatic carbocycles. The predicted molar refractivity (Wildman–Crippen MR) is 117 cm³/mol. The minimum absolute atomic E-state index is 0.167. The molecular formula is C23H25F2N5O. The summed E-state index contributed by atoms with van der Waals surface area (Å²) in [5, 5.41) is 10.2. The van der Waals surface area contributed by atoms with Gasteiger partial charge in [0.15, 0.2) is 0 Å². The van der Waals surface area contributed by atoms with Gasteiger partial charge in [0.25, 0.3) is 5.91 Å². The Labute approximate surface area is 180 Å². The smallest absolute Gasteiger partial charge is 0.258 e. The van der Waals surface area contributed by atoms with Gasteiger partial charge in [-0.1, -0.05) is 6.07 Å². The third-order valence-electron chi connectivity index (χ3n) is 5.00. The van der Waals surface area contributed by atoms with E-state index in [-0.39, 0.29) is 23.9 Å². The highest BCUT2D eigenvalue weighted by Gasteiger charge is 2.14. The average Bonchev–Trinajstić information content (AvgIpc) is 3.02. The number of carbonyl (C=O) groups is 1. The minimum Gasteiger partial charge on any atom is -0.326 e. The second kappa shape index (κ2) is 9.51. The van der Waals surface area contributed by atoms with Gasteiger partial charge in [0.05, 0.1) is 12.2 Å². The van der Waals surface area contributed by atoms with Gasteiger partial charge < -0.3 is 5.32 Å². The molecule has 1 aromatic heterocycles. The molecule has 0 aliphatic heterocycles. The van der Waals surface area contributed by atoms with Crippen LogP contribution in [0.1, 0.15) is 39.8 Å². The van der Waals surface area contributed by atoms with E-state index in [9.17, 15) is 13.6 Å². The van der Waals surface area contributed by atoms with Gasteiger partial charge in [0.2, 0.25) is 5.96 Å². The summed E-state index contributed by atoms with van der Waals surface area (Å²) in [5.74, 6) is -1.18. The van der Waals surface area contributed by atoms with Crippen LogP contribution in [0.4, 0.5) is 14.5 Å². The van der Waals surface area contributed by atoms with Gasteiger partial charge in [-0.3, -0.25) is 14.8 Å². The van der Waals surface area contributed by atoms with Crippen molar-refractivity contribution in [3.8, 4) is 0 Å². The number of halogens is 2. The quantitative estimate of drug-likeness (QED) is 0.467. The fourth-order valence-corrected chi connectivity index (χ4v) is 3.12. The Morgan fingerprint density at radius 3 is 2.42 bits per heavy atom. The van der Waals surface area contributed by atoms with Crippen LogP contribution in [-0.2, 0) is 13.1 Å². The van der Waals surface area contributed by atoms with E-state index in [1.54, 1.807) is 19.1 Å². The Kier molecular flexibility index (Phi) is 6.79. The van der Waals surface area contributed by atoms with Gasteiger partial charge in [0, 0.05) is 29.1 Å². The lowest BCUT2D eigenvalue weighted by molar-refractivity contribution is 0.0976. The number of amides is 1. The monoisotopic (exact) mass is 425 g/mol. The molecule has 0 atom stereocenters. The third-order valence-corrected chi connectivity index (χ3v) is 5.00. The van der Waals surface area contributed by atoms with Crippen molar-refractivity contribution in [3.05, 3.63) is 82.2 Å². The molecule has 2 N–H and O–H groups in total. The van der Waals surface area contributed by atoms with Gasteiger partial charge >= 0.3 is 0 Å². The van der Waals surface area contributed by atoms with Gasteiger partial charge in [-0.15, -0.1) is 0 Å². The summed E-state index contributed by atoms with van der Waals surface area (Å²) in [7, 11) is 0. The number of aryl methyl sites for hydroxylation is 3. The topological polar surface area (TPSA) is 71.3 Å². The lowest BCUT2D eigenvalue weighted by Gasteiger charge is -2.12. The largest absolute Gasteiger partial charge is 0.326 e. The molecule has 0 radical (unpaired) electrons. The molecule has 1 heterocycles. The minimum atomic E-state index is -0.509. The molecule has 0 bridgehead atoms. The maximum Gasteiger partial charge on any atom is 0.258 e. The molecule has 0 unspecified atom stereocenters. The van der Waals surface area contributed by atoms with Crippen LogP contribution in [0.3, 0.4) is 0 Å². The SMILES string of the molecule is CCn1nc(C)c(CN=C(NC(=O)c2ccc(C)c(F)c2)Nc2ccc(F)cc2)c1C. The second-order valence-corrected chi connectivity index (χ2v) is 7.18. The molecule has 0 aliphatic rings. The summed E-state index contributed by atoms with van der Waals surface area (Å²) in [4.78, 5) is 17.2. The first-order chi connectivity index (χ1) is 14.8. The van der Waals surface area contributed by atoms with Crippen molar-refractivity contribution in [1.82, 2.24) is 15.1 Å². The third kappa shape index (κ3) is 5.33. The molecule has 0 saturated heterocycles. The Bertz CT molecular complexity index is 1120. The highest BCUT2D eigenvalue weighted by Crippen LogP contribution is 2.15. The number of nitrogens with zero attached hydrogens (tertiary/aromatic N) is 3. The standard InChI is InChI=1S/C23H25F2N5O/c1-5-30-16(4)20(15(3)29-30)13-26-23(27-19-10-8-18(24)9-11-19)28-22(31)17-7-6-14(2)21(25)12-17/h6-12H,5,13H2,1-4H3,(H2,26,27,28,31). The van der Waals surface area contributed by atoms with Crippen LogP contribution < -0.4 is 10.6 Å². The Balaban J connectivity index is 1.87. The summed E-state index contributed by atoms with van der Waals surface area (Å²) < 4.78 is 29.0. The van der Waals surface area contributed by atoms with Crippen LogP contribution >= 0.6 is 0 Å². The fraction of sp³-hybridized carbons (Fsp3) is 0.261. The van der Waals surface area contributed by atoms with Gasteiger partial charge in [0.1, 0.15) is 11.6 Å². The van der Waals surface area contributed by atoms with Crippen LogP contribution in [-0.4, -0.2) is 21.6 Å². The Morgan fingerprint density at radius 2 is 1.81 bits per heavy atom. The normalized spacial score (nSPS) is 11.5. The predicted octanol–water partition coefficient (Wildman–Crippen LogP) is 4.50. The van der Waals surface area contributed by atoms with Crippen molar-refractivity contribution in [2.45, 2.75) is 40.8 Å². The summed E-state index contributed by atoms with van der Waals surface area (Å²) in [6.07, 6.45) is 0. The lowest BCUT2D eigenvalue weighted by Crippen LogP contribution is -2.36. The van der Waals surface area contributed by atoms with E-state index in [0.29, 0.717) is 11.3 Å². The molecule has 3 rings (SSSR count). The van der Waals surface area contributed by atoms with Gasteiger partial charge in [-0.2, -0.15) is 5.10 Å². The number of anilines is 1. The molecule has 31 heavy (non-hydrogen) atoms.